The van der Waals surface area contributed by atoms with Crippen molar-refractivity contribution in [1.82, 2.24) is 19.9 Å². The first kappa shape index (κ1) is 17.4. The van der Waals surface area contributed by atoms with Crippen molar-refractivity contribution in [2.45, 2.75) is 44.7 Å². The Hall–Kier alpha value is -1.40. The van der Waals surface area contributed by atoms with E-state index >= 15 is 0 Å². The van der Waals surface area contributed by atoms with Gasteiger partial charge in [-0.05, 0) is 22.6 Å². The van der Waals surface area contributed by atoms with Gasteiger partial charge in [-0.15, -0.1) is 5.10 Å². The molecule has 0 saturated carbocycles. The highest BCUT2D eigenvalue weighted by Gasteiger charge is 2.41. The van der Waals surface area contributed by atoms with Gasteiger partial charge in [-0.1, -0.05) is 12.1 Å². The Balaban J connectivity index is 1.75. The second-order valence-corrected chi connectivity index (χ2v) is 7.05. The SMILES string of the molecule is CC1CC(=O)C(F)=CN(C2CC(O)C(Cn3cc(I)nn3)O2)C1=O. The molecule has 130 valence electrons. The third kappa shape index (κ3) is 3.49. The Kier molecular flexibility index (Phi) is 4.97. The van der Waals surface area contributed by atoms with Gasteiger partial charge in [-0.2, -0.15) is 0 Å². The van der Waals surface area contributed by atoms with Crippen LogP contribution >= 0.6 is 22.6 Å². The van der Waals surface area contributed by atoms with E-state index in [0.29, 0.717) is 3.70 Å². The van der Waals surface area contributed by atoms with Crippen molar-refractivity contribution < 1.29 is 23.8 Å². The molecule has 4 atom stereocenters. The summed E-state index contributed by atoms with van der Waals surface area (Å²) in [5, 5.41) is 17.9. The van der Waals surface area contributed by atoms with Gasteiger partial charge in [0.15, 0.2) is 11.6 Å². The molecular weight excluding hydrogens is 434 g/mol. The number of halogens is 2. The van der Waals surface area contributed by atoms with Gasteiger partial charge in [0.25, 0.3) is 0 Å². The Morgan fingerprint density at radius 1 is 1.50 bits per heavy atom. The van der Waals surface area contributed by atoms with Crippen LogP contribution < -0.4 is 0 Å². The lowest BCUT2D eigenvalue weighted by molar-refractivity contribution is -0.144. The monoisotopic (exact) mass is 450 g/mol. The highest BCUT2D eigenvalue weighted by atomic mass is 127. The summed E-state index contributed by atoms with van der Waals surface area (Å²) in [6.45, 7) is 1.83. The molecule has 4 unspecified atom stereocenters. The maximum absolute atomic E-state index is 13.8. The lowest BCUT2D eigenvalue weighted by atomic mass is 10.0. The third-order valence-corrected chi connectivity index (χ3v) is 4.57. The van der Waals surface area contributed by atoms with E-state index in [1.807, 2.05) is 22.6 Å². The van der Waals surface area contributed by atoms with E-state index < -0.39 is 41.9 Å². The minimum atomic E-state index is -0.972. The second kappa shape index (κ2) is 6.84. The van der Waals surface area contributed by atoms with Gasteiger partial charge < -0.3 is 9.84 Å². The van der Waals surface area contributed by atoms with Crippen molar-refractivity contribution >= 4 is 34.3 Å². The summed E-state index contributed by atoms with van der Waals surface area (Å²) in [7, 11) is 0. The number of aromatic nitrogens is 3. The van der Waals surface area contributed by atoms with Gasteiger partial charge in [0.05, 0.1) is 18.8 Å². The van der Waals surface area contributed by atoms with Crippen LogP contribution in [0.3, 0.4) is 0 Å². The smallest absolute Gasteiger partial charge is 0.232 e. The van der Waals surface area contributed by atoms with Crippen LogP contribution in [0.15, 0.2) is 18.2 Å². The zero-order valence-electron chi connectivity index (χ0n) is 12.8. The predicted molar refractivity (Wildman–Crippen MR) is 86.8 cm³/mol. The number of allylic oxidation sites excluding steroid dienone is 1. The molecule has 2 aliphatic rings. The molecule has 1 amide bonds. The van der Waals surface area contributed by atoms with Gasteiger partial charge in [-0.3, -0.25) is 14.5 Å². The molecule has 3 rings (SSSR count). The minimum Gasteiger partial charge on any atom is -0.390 e. The number of ether oxygens (including phenoxy) is 1. The van der Waals surface area contributed by atoms with Gasteiger partial charge >= 0.3 is 0 Å². The Morgan fingerprint density at radius 3 is 2.92 bits per heavy atom. The zero-order chi connectivity index (χ0) is 17.4. The highest BCUT2D eigenvalue weighted by Crippen LogP contribution is 2.29. The predicted octanol–water partition coefficient (Wildman–Crippen LogP) is 0.607. The number of hydrogen-bond donors (Lipinski definition) is 1. The van der Waals surface area contributed by atoms with E-state index in [1.54, 1.807) is 13.1 Å². The molecule has 1 saturated heterocycles. The van der Waals surface area contributed by atoms with E-state index in [-0.39, 0.29) is 19.4 Å². The van der Waals surface area contributed by atoms with Gasteiger partial charge in [-0.25, -0.2) is 9.07 Å². The fraction of sp³-hybridized carbons (Fsp3) is 0.571. The quantitative estimate of drug-likeness (QED) is 0.678. The van der Waals surface area contributed by atoms with Gasteiger partial charge in [0, 0.05) is 25.0 Å². The summed E-state index contributed by atoms with van der Waals surface area (Å²) in [5.41, 5.74) is 0. The summed E-state index contributed by atoms with van der Waals surface area (Å²) in [5.74, 6) is -2.71. The summed E-state index contributed by atoms with van der Waals surface area (Å²) in [6.07, 6.45) is 0.273. The summed E-state index contributed by atoms with van der Waals surface area (Å²) >= 11 is 2.01. The van der Waals surface area contributed by atoms with Crippen LogP contribution in [-0.2, 0) is 20.9 Å². The first-order chi connectivity index (χ1) is 11.3. The number of rotatable bonds is 3. The fourth-order valence-electron chi connectivity index (χ4n) is 2.80. The van der Waals surface area contributed by atoms with Crippen LogP contribution in [-0.4, -0.2) is 55.1 Å². The lowest BCUT2D eigenvalue weighted by Crippen LogP contribution is -2.39. The molecule has 0 radical (unpaired) electrons. The molecule has 1 aromatic heterocycles. The van der Waals surface area contributed by atoms with Crippen molar-refractivity contribution in [2.24, 2.45) is 5.92 Å². The van der Waals surface area contributed by atoms with Crippen LogP contribution in [0.5, 0.6) is 0 Å². The summed E-state index contributed by atoms with van der Waals surface area (Å²) in [6, 6.07) is 0. The van der Waals surface area contributed by atoms with Crippen molar-refractivity contribution in [3.8, 4) is 0 Å². The highest BCUT2D eigenvalue weighted by molar-refractivity contribution is 14.1. The zero-order valence-corrected chi connectivity index (χ0v) is 15.0. The Morgan fingerprint density at radius 2 is 2.25 bits per heavy atom. The van der Waals surface area contributed by atoms with Crippen molar-refractivity contribution in [2.75, 3.05) is 0 Å². The topological polar surface area (TPSA) is 97.6 Å². The number of hydrogen-bond acceptors (Lipinski definition) is 6. The Bertz CT molecular complexity index is 694. The molecule has 0 bridgehead atoms. The third-order valence-electron chi connectivity index (χ3n) is 4.08. The second-order valence-electron chi connectivity index (χ2n) is 5.95. The van der Waals surface area contributed by atoms with E-state index in [1.165, 1.54) is 4.68 Å². The molecule has 0 spiro atoms. The number of ketones is 1. The van der Waals surface area contributed by atoms with E-state index in [9.17, 15) is 19.1 Å². The molecule has 0 aromatic carbocycles. The standard InChI is InChI=1S/C14H16FIN4O4/c1-7-2-9(21)8(15)4-20(14(7)23)13-3-10(22)11(24-13)5-19-6-12(16)17-18-19/h4,6-7,10-11,13,22H,2-3,5H2,1H3. The summed E-state index contributed by atoms with van der Waals surface area (Å²) < 4.78 is 21.8. The average molecular weight is 450 g/mol. The van der Waals surface area contributed by atoms with Gasteiger partial charge in [0.1, 0.15) is 16.0 Å². The molecule has 1 fully saturated rings. The minimum absolute atomic E-state index is 0.132. The number of nitrogens with zero attached hydrogens (tertiary/aromatic N) is 4. The average Bonchev–Trinajstić information content (AvgIpc) is 3.07. The molecule has 8 nitrogen and oxygen atoms in total. The molecular formula is C14H16FIN4O4. The van der Waals surface area contributed by atoms with E-state index in [2.05, 4.69) is 10.3 Å². The van der Waals surface area contributed by atoms with Crippen molar-refractivity contribution in [3.05, 3.63) is 21.9 Å². The number of carbonyl (C=O) groups is 2. The number of amides is 1. The Labute approximate surface area is 150 Å². The van der Waals surface area contributed by atoms with Crippen molar-refractivity contribution in [1.29, 1.82) is 0 Å². The van der Waals surface area contributed by atoms with Crippen LogP contribution in [0.2, 0.25) is 0 Å². The first-order valence-electron chi connectivity index (χ1n) is 7.47. The molecule has 1 aromatic rings. The fourth-order valence-corrected chi connectivity index (χ4v) is 3.22. The lowest BCUT2D eigenvalue weighted by Gasteiger charge is -2.26. The maximum atomic E-state index is 13.8. The van der Waals surface area contributed by atoms with E-state index in [0.717, 1.165) is 11.1 Å². The normalized spacial score (nSPS) is 31.3. The number of carbonyl (C=O) groups excluding carboxylic acids is 2. The number of Topliss-reactive ketones (excluding diaryl/α,β-unsaturated/α-hetero) is 1. The molecule has 0 aliphatic carbocycles. The van der Waals surface area contributed by atoms with E-state index in [4.69, 9.17) is 4.74 Å². The van der Waals surface area contributed by atoms with Crippen LogP contribution in [0.1, 0.15) is 19.8 Å². The molecule has 2 aliphatic heterocycles. The van der Waals surface area contributed by atoms with Crippen LogP contribution in [0, 0.1) is 9.62 Å². The number of aliphatic hydroxyl groups is 1. The van der Waals surface area contributed by atoms with Gasteiger partial charge in [0.2, 0.25) is 5.91 Å². The van der Waals surface area contributed by atoms with Crippen LogP contribution in [0.4, 0.5) is 4.39 Å². The number of aliphatic hydroxyl groups excluding tert-OH is 1. The largest absolute Gasteiger partial charge is 0.390 e. The maximum Gasteiger partial charge on any atom is 0.232 e. The first-order valence-corrected chi connectivity index (χ1v) is 8.55. The molecule has 3 heterocycles. The van der Waals surface area contributed by atoms with Crippen LogP contribution in [0.25, 0.3) is 0 Å². The molecule has 10 heteroatoms. The van der Waals surface area contributed by atoms with Crippen molar-refractivity contribution in [3.63, 3.8) is 0 Å². The molecule has 24 heavy (non-hydrogen) atoms. The summed E-state index contributed by atoms with van der Waals surface area (Å²) in [4.78, 5) is 25.0. The molecule has 1 N–H and O–H groups in total.